The lowest BCUT2D eigenvalue weighted by Crippen LogP contribution is -2.59. The summed E-state index contributed by atoms with van der Waals surface area (Å²) in [6.45, 7) is 30.1. The summed E-state index contributed by atoms with van der Waals surface area (Å²) in [7, 11) is 0. The van der Waals surface area contributed by atoms with E-state index in [0.29, 0.717) is 57.9 Å². The second-order valence-electron chi connectivity index (χ2n) is 31.7. The van der Waals surface area contributed by atoms with Crippen LogP contribution in [0.1, 0.15) is 201 Å². The number of carboxylic acids is 1. The highest BCUT2D eigenvalue weighted by Gasteiger charge is 2.37. The van der Waals surface area contributed by atoms with Crippen molar-refractivity contribution in [1.82, 2.24) is 112 Å². The Balaban J connectivity index is 5.68. The van der Waals surface area contributed by atoms with E-state index in [-0.39, 0.29) is 57.3 Å². The Labute approximate surface area is 751 Å². The van der Waals surface area contributed by atoms with Crippen molar-refractivity contribution in [2.75, 3.05) is 26.2 Å². The number of rotatable bonds is 61. The van der Waals surface area contributed by atoms with Crippen LogP contribution in [0.4, 0.5) is 0 Å². The molecule has 728 valence electrons. The van der Waals surface area contributed by atoms with Crippen molar-refractivity contribution in [3.8, 4) is 0 Å². The summed E-state index contributed by atoms with van der Waals surface area (Å²) in [6.07, 6.45) is 4.52. The summed E-state index contributed by atoms with van der Waals surface area (Å²) in [5.74, 6) is -18.7. The van der Waals surface area contributed by atoms with Crippen LogP contribution in [-0.4, -0.2) is 288 Å². The van der Waals surface area contributed by atoms with Gasteiger partial charge >= 0.3 is 5.97 Å². The fourth-order valence-corrected chi connectivity index (χ4v) is 11.3. The lowest BCUT2D eigenvalue weighted by atomic mass is 10.1. The summed E-state index contributed by atoms with van der Waals surface area (Å²) >= 11 is 0. The van der Waals surface area contributed by atoms with Crippen molar-refractivity contribution in [1.29, 1.82) is 0 Å². The van der Waals surface area contributed by atoms with Gasteiger partial charge in [-0.25, -0.2) is 4.79 Å². The van der Waals surface area contributed by atoms with E-state index < -0.39 is 257 Å². The van der Waals surface area contributed by atoms with Gasteiger partial charge in [0.2, 0.25) is 124 Å². The van der Waals surface area contributed by atoms with Gasteiger partial charge in [0.1, 0.15) is 127 Å². The Morgan fingerprint density at radius 2 is 0.357 bits per heavy atom. The Bertz CT molecular complexity index is 3910. The van der Waals surface area contributed by atoms with Crippen LogP contribution in [0.25, 0.3) is 0 Å². The second-order valence-corrected chi connectivity index (χ2v) is 31.7. The quantitative estimate of drug-likeness (QED) is 0.0153. The maximum Gasteiger partial charge on any atom is 0.326 e. The molecule has 0 heterocycles. The number of aliphatic carboxylic acids is 1. The molecule has 0 aliphatic carbocycles. The fraction of sp³-hybridized carbons (Fsp3) is 0.679. The van der Waals surface area contributed by atoms with Crippen molar-refractivity contribution in [3.05, 3.63) is 24.8 Å². The molecule has 0 aromatic carbocycles. The topological polar surface area (TPSA) is 752 Å². The molecule has 0 bridgehead atoms. The van der Waals surface area contributed by atoms with Crippen molar-refractivity contribution in [2.24, 2.45) is 22.9 Å². The van der Waals surface area contributed by atoms with E-state index in [9.17, 15) is 111 Å². The summed E-state index contributed by atoms with van der Waals surface area (Å²) < 4.78 is 0. The van der Waals surface area contributed by atoms with Gasteiger partial charge in [-0.3, -0.25) is 101 Å². The number of carbonyl (C=O) groups excluding carboxylic acids is 21. The molecule has 0 fully saturated rings. The molecule has 0 aliphatic heterocycles. The Morgan fingerprint density at radius 3 is 0.488 bits per heavy atom. The molecule has 48 nitrogen and oxygen atoms in total. The number of amides is 21. The van der Waals surface area contributed by atoms with Gasteiger partial charge in [0.05, 0.1) is 0 Å². The largest absolute Gasteiger partial charge is 0.480 e. The molecule has 30 N–H and O–H groups in total. The molecule has 129 heavy (non-hydrogen) atoms. The van der Waals surface area contributed by atoms with Gasteiger partial charge in [-0.15, -0.1) is 6.58 Å². The molecule has 21 atom stereocenters. The zero-order valence-corrected chi connectivity index (χ0v) is 76.9. The van der Waals surface area contributed by atoms with E-state index in [4.69, 9.17) is 22.9 Å². The summed E-state index contributed by atoms with van der Waals surface area (Å²) in [6, 6.07) is -27.0. The third-order valence-corrected chi connectivity index (χ3v) is 19.7. The molecule has 0 rings (SSSR count). The number of carboxylic acid groups (broad SMARTS) is 1. The molecular formula is C81H141N25O23. The minimum absolute atomic E-state index is 0.00563. The number of carbonyl (C=O) groups is 22. The number of hydrogen-bond acceptors (Lipinski definition) is 26. The van der Waals surface area contributed by atoms with Crippen LogP contribution in [0.2, 0.25) is 0 Å². The van der Waals surface area contributed by atoms with Crippen molar-refractivity contribution < 1.29 is 111 Å². The van der Waals surface area contributed by atoms with Gasteiger partial charge in [0.15, 0.2) is 0 Å². The van der Waals surface area contributed by atoms with Crippen LogP contribution in [0.3, 0.4) is 0 Å². The highest BCUT2D eigenvalue weighted by molar-refractivity contribution is 6.02. The van der Waals surface area contributed by atoms with E-state index in [2.05, 4.69) is 125 Å². The highest BCUT2D eigenvalue weighted by Crippen LogP contribution is 2.10. The van der Waals surface area contributed by atoms with Crippen molar-refractivity contribution in [3.63, 3.8) is 0 Å². The number of nitrogens with two attached hydrogens (primary N) is 4. The molecular weight excluding hydrogens is 1690 g/mol. The first kappa shape index (κ1) is 117. The number of unbranched alkanes of at least 4 members (excludes halogenated alkanes) is 4. The molecule has 0 aliphatic rings. The zero-order valence-electron chi connectivity index (χ0n) is 76.9. The summed E-state index contributed by atoms with van der Waals surface area (Å²) in [5, 5.41) is 60.7. The number of hydrogen-bond donors (Lipinski definition) is 26. The predicted octanol–water partition coefficient (Wildman–Crippen LogP) is -8.76. The average Bonchev–Trinajstić information content (AvgIpc) is 0.902. The lowest BCUT2D eigenvalue weighted by molar-refractivity contribution is -0.142. The van der Waals surface area contributed by atoms with Crippen LogP contribution in [0.15, 0.2) is 24.8 Å². The highest BCUT2D eigenvalue weighted by atomic mass is 16.4. The third kappa shape index (κ3) is 44.8. The van der Waals surface area contributed by atoms with Gasteiger partial charge in [-0.1, -0.05) is 12.7 Å². The minimum atomic E-state index is -1.36. The maximum absolute atomic E-state index is 13.7. The van der Waals surface area contributed by atoms with Gasteiger partial charge in [-0.05, 0) is 227 Å². The molecule has 0 radical (unpaired) electrons. The van der Waals surface area contributed by atoms with E-state index in [0.717, 1.165) is 0 Å². The maximum atomic E-state index is 13.7. The van der Waals surface area contributed by atoms with Crippen LogP contribution >= 0.6 is 0 Å². The predicted molar refractivity (Wildman–Crippen MR) is 470 cm³/mol. The standard InChI is InChI=1S/C81H141N25O23/c1-20-29-59(81(128)129)106-76(123)54(19)97-67(114)45(10)93-71(118)49(14)101-80(127)58(33-24-28-37-85)105-75(122)53(18)96-66(113)44(9)89-63(110)41(6)92-70(117)48(13)100-79(126)57(32-23-27-36-84)104-74(121)52(17)95-65(112)43(8)88-62(109)40(5)91-69(116)47(12)99-78(125)56(31-22-26-35-83)103-73(120)51(16)94-64(111)42(7)87-61(108)39(4)90-68(115)46(11)98-77(124)55(30-21-25-34-82)102-72(119)50(15)86-60(107)38(2)3/h20,39-59H,1-2,21-37,82-85H2,3-19H3,(H,86,107)(H,87,108)(H,88,109)(H,89,110)(H,90,115)(H,91,116)(H,92,117)(H,93,118)(H,94,111)(H,95,112)(H,96,113)(H,97,114)(H,98,124)(H,99,125)(H,100,126)(H,101,127)(H,102,119)(H,103,120)(H,104,121)(H,105,122)(H,106,123)(H,128,129). The smallest absolute Gasteiger partial charge is 0.326 e. The normalized spacial score (nSPS) is 15.8. The molecule has 0 aromatic rings. The number of nitrogens with one attached hydrogen (secondary N) is 21. The Morgan fingerprint density at radius 1 is 0.225 bits per heavy atom. The van der Waals surface area contributed by atoms with Gasteiger partial charge in [0, 0.05) is 5.57 Å². The van der Waals surface area contributed by atoms with Crippen molar-refractivity contribution >= 4 is 130 Å². The minimum Gasteiger partial charge on any atom is -0.480 e. The SMILES string of the molecule is C=CCC(NC(=O)C(C)NC(=O)C(C)NC(=O)C(C)NC(=O)C(CCCCN)NC(=O)C(C)NC(=O)C(C)NC(=O)C(C)NC(=O)C(C)NC(=O)C(CCCCN)NC(=O)C(C)NC(=O)C(C)NC(=O)C(C)NC(=O)C(C)NC(=O)C(CCCCN)NC(=O)C(C)NC(=O)C(C)NC(=O)C(C)NC(=O)C(C)NC(=O)C(CCCCN)NC(=O)C(C)NC(=O)C(=C)C)C(=O)O. The van der Waals surface area contributed by atoms with E-state index >= 15 is 0 Å². The molecule has 0 spiro atoms. The van der Waals surface area contributed by atoms with Crippen molar-refractivity contribution in [2.45, 2.75) is 328 Å². The molecule has 48 heteroatoms. The van der Waals surface area contributed by atoms with Gasteiger partial charge < -0.3 is 140 Å². The monoisotopic (exact) mass is 1830 g/mol. The van der Waals surface area contributed by atoms with Crippen LogP contribution in [-0.2, 0) is 105 Å². The first-order chi connectivity index (χ1) is 60.2. The fourth-order valence-electron chi connectivity index (χ4n) is 11.3. The third-order valence-electron chi connectivity index (χ3n) is 19.7. The van der Waals surface area contributed by atoms with Crippen LogP contribution < -0.4 is 135 Å². The van der Waals surface area contributed by atoms with Gasteiger partial charge in [-0.2, -0.15) is 0 Å². The molecule has 0 saturated heterocycles. The van der Waals surface area contributed by atoms with E-state index in [1.54, 1.807) is 0 Å². The van der Waals surface area contributed by atoms with E-state index in [1.165, 1.54) is 124 Å². The lowest BCUT2D eigenvalue weighted by Gasteiger charge is -2.25. The summed E-state index contributed by atoms with van der Waals surface area (Å²) in [4.78, 5) is 290. The average molecular weight is 1830 g/mol. The Kier molecular flexibility index (Phi) is 54.6. The second kappa shape index (κ2) is 60.4. The summed E-state index contributed by atoms with van der Waals surface area (Å²) in [5.41, 5.74) is 22.8. The molecule has 21 amide bonds. The van der Waals surface area contributed by atoms with E-state index in [1.807, 2.05) is 0 Å². The molecule has 0 saturated carbocycles. The first-order valence-corrected chi connectivity index (χ1v) is 42.9. The first-order valence-electron chi connectivity index (χ1n) is 42.9. The molecule has 21 unspecified atom stereocenters. The zero-order chi connectivity index (χ0) is 99.0. The van der Waals surface area contributed by atoms with Gasteiger partial charge in [0.25, 0.3) is 0 Å². The molecule has 0 aromatic heterocycles. The van der Waals surface area contributed by atoms with Crippen LogP contribution in [0.5, 0.6) is 0 Å². The van der Waals surface area contributed by atoms with Crippen LogP contribution in [0, 0.1) is 0 Å². The Hall–Kier alpha value is -12.3.